The Morgan fingerprint density at radius 1 is 1.50 bits per heavy atom. The van der Waals surface area contributed by atoms with Crippen molar-refractivity contribution in [2.45, 2.75) is 31.8 Å². The van der Waals surface area contributed by atoms with E-state index in [1.54, 1.807) is 18.3 Å². The van der Waals surface area contributed by atoms with Crippen molar-refractivity contribution in [3.05, 3.63) is 24.0 Å². The fourth-order valence-corrected chi connectivity index (χ4v) is 1.67. The number of amides is 1. The second-order valence-electron chi connectivity index (χ2n) is 3.54. The summed E-state index contributed by atoms with van der Waals surface area (Å²) in [5, 5.41) is 0. The number of rotatable bonds is 3. The van der Waals surface area contributed by atoms with E-state index in [0.29, 0.717) is 5.69 Å². The van der Waals surface area contributed by atoms with E-state index < -0.39 is 0 Å². The van der Waals surface area contributed by atoms with Crippen LogP contribution in [0.3, 0.4) is 0 Å². The molecule has 2 rings (SSSR count). The molecule has 2 N–H and O–H groups in total. The van der Waals surface area contributed by atoms with Gasteiger partial charge in [-0.05, 0) is 25.0 Å². The molecular formula is C10H14N2O2. The zero-order valence-corrected chi connectivity index (χ0v) is 7.95. The van der Waals surface area contributed by atoms with Gasteiger partial charge in [0.25, 0.3) is 5.91 Å². The average molecular weight is 194 g/mol. The van der Waals surface area contributed by atoms with E-state index in [0.717, 1.165) is 12.8 Å². The van der Waals surface area contributed by atoms with Crippen molar-refractivity contribution in [1.82, 2.24) is 10.5 Å². The maximum absolute atomic E-state index is 11.4. The van der Waals surface area contributed by atoms with Crippen molar-refractivity contribution >= 4 is 5.91 Å². The standard InChI is InChI=1S/C10H14N2O2/c13-10(9-6-3-7-11-9)12-14-8-4-1-2-5-8/h3,6-8,11H,1-2,4-5H2,(H,12,13). The minimum absolute atomic E-state index is 0.203. The molecule has 4 nitrogen and oxygen atoms in total. The Hall–Kier alpha value is -1.29. The van der Waals surface area contributed by atoms with Gasteiger partial charge in [0.1, 0.15) is 5.69 Å². The van der Waals surface area contributed by atoms with Crippen molar-refractivity contribution in [3.63, 3.8) is 0 Å². The molecule has 0 atom stereocenters. The van der Waals surface area contributed by atoms with Gasteiger partial charge in [-0.15, -0.1) is 0 Å². The van der Waals surface area contributed by atoms with Crippen LogP contribution in [0, 0.1) is 0 Å². The number of carbonyl (C=O) groups is 1. The summed E-state index contributed by atoms with van der Waals surface area (Å²) in [4.78, 5) is 19.5. The molecule has 1 amide bonds. The van der Waals surface area contributed by atoms with Gasteiger partial charge in [-0.25, -0.2) is 5.48 Å². The first kappa shape index (κ1) is 9.27. The Kier molecular flexibility index (Phi) is 2.84. The van der Waals surface area contributed by atoms with Gasteiger partial charge in [-0.3, -0.25) is 9.63 Å². The molecule has 1 aliphatic rings. The third kappa shape index (κ3) is 2.14. The lowest BCUT2D eigenvalue weighted by Crippen LogP contribution is -2.28. The highest BCUT2D eigenvalue weighted by Crippen LogP contribution is 2.19. The normalized spacial score (nSPS) is 17.1. The van der Waals surface area contributed by atoms with Crippen LogP contribution in [-0.2, 0) is 4.84 Å². The first-order valence-electron chi connectivity index (χ1n) is 4.95. The van der Waals surface area contributed by atoms with E-state index in [1.165, 1.54) is 12.8 Å². The van der Waals surface area contributed by atoms with E-state index >= 15 is 0 Å². The topological polar surface area (TPSA) is 54.1 Å². The van der Waals surface area contributed by atoms with Crippen LogP contribution >= 0.6 is 0 Å². The molecule has 0 radical (unpaired) electrons. The minimum atomic E-state index is -0.207. The van der Waals surface area contributed by atoms with E-state index in [4.69, 9.17) is 4.84 Å². The van der Waals surface area contributed by atoms with Crippen LogP contribution in [0.2, 0.25) is 0 Å². The minimum Gasteiger partial charge on any atom is -0.357 e. The van der Waals surface area contributed by atoms with Crippen molar-refractivity contribution in [2.24, 2.45) is 0 Å². The number of hydrogen-bond acceptors (Lipinski definition) is 2. The molecule has 1 saturated carbocycles. The van der Waals surface area contributed by atoms with Gasteiger partial charge in [0.05, 0.1) is 6.10 Å². The van der Waals surface area contributed by atoms with Crippen molar-refractivity contribution in [3.8, 4) is 0 Å². The van der Waals surface area contributed by atoms with Crippen LogP contribution in [0.5, 0.6) is 0 Å². The van der Waals surface area contributed by atoms with Gasteiger partial charge in [0.2, 0.25) is 0 Å². The highest BCUT2D eigenvalue weighted by atomic mass is 16.7. The molecule has 0 unspecified atom stereocenters. The molecule has 0 spiro atoms. The summed E-state index contributed by atoms with van der Waals surface area (Å²) in [7, 11) is 0. The third-order valence-electron chi connectivity index (χ3n) is 2.46. The summed E-state index contributed by atoms with van der Waals surface area (Å²) in [6, 6.07) is 3.50. The molecule has 1 aromatic heterocycles. The van der Waals surface area contributed by atoms with Crippen LogP contribution in [0.25, 0.3) is 0 Å². The quantitative estimate of drug-likeness (QED) is 0.718. The van der Waals surface area contributed by atoms with E-state index in [1.807, 2.05) is 0 Å². The molecule has 4 heteroatoms. The smallest absolute Gasteiger partial charge is 0.291 e. The highest BCUT2D eigenvalue weighted by molar-refractivity contribution is 5.91. The van der Waals surface area contributed by atoms with Crippen molar-refractivity contribution in [1.29, 1.82) is 0 Å². The lowest BCUT2D eigenvalue weighted by molar-refractivity contribution is -0.0127. The molecule has 1 aromatic rings. The van der Waals surface area contributed by atoms with Gasteiger partial charge < -0.3 is 4.98 Å². The van der Waals surface area contributed by atoms with Gasteiger partial charge >= 0.3 is 0 Å². The number of hydroxylamine groups is 1. The Labute approximate surface area is 82.6 Å². The first-order valence-corrected chi connectivity index (χ1v) is 4.95. The van der Waals surface area contributed by atoms with E-state index in [9.17, 15) is 4.79 Å². The molecule has 0 saturated heterocycles. The molecule has 0 bridgehead atoms. The molecule has 0 aromatic carbocycles. The summed E-state index contributed by atoms with van der Waals surface area (Å²) >= 11 is 0. The Balaban J connectivity index is 1.78. The Bertz CT molecular complexity index is 289. The fraction of sp³-hybridized carbons (Fsp3) is 0.500. The van der Waals surface area contributed by atoms with Gasteiger partial charge in [0.15, 0.2) is 0 Å². The van der Waals surface area contributed by atoms with E-state index in [-0.39, 0.29) is 12.0 Å². The maximum atomic E-state index is 11.4. The number of aromatic nitrogens is 1. The van der Waals surface area contributed by atoms with Crippen LogP contribution in [-0.4, -0.2) is 17.0 Å². The molecule has 0 aliphatic heterocycles. The number of nitrogens with one attached hydrogen (secondary N) is 2. The summed E-state index contributed by atoms with van der Waals surface area (Å²) in [6.07, 6.45) is 6.40. The number of carbonyl (C=O) groups excluding carboxylic acids is 1. The van der Waals surface area contributed by atoms with Crippen LogP contribution in [0.15, 0.2) is 18.3 Å². The molecular weight excluding hydrogens is 180 g/mol. The SMILES string of the molecule is O=C(NOC1CCCC1)c1ccc[nH]1. The summed E-state index contributed by atoms with van der Waals surface area (Å²) < 4.78 is 0. The van der Waals surface area contributed by atoms with Gasteiger partial charge in [-0.1, -0.05) is 12.8 Å². The lowest BCUT2D eigenvalue weighted by atomic mass is 10.3. The van der Waals surface area contributed by atoms with Crippen LogP contribution in [0.1, 0.15) is 36.2 Å². The lowest BCUT2D eigenvalue weighted by Gasteiger charge is -2.10. The molecule has 14 heavy (non-hydrogen) atoms. The number of hydrogen-bond donors (Lipinski definition) is 2. The van der Waals surface area contributed by atoms with Crippen molar-refractivity contribution in [2.75, 3.05) is 0 Å². The van der Waals surface area contributed by atoms with Gasteiger partial charge in [0, 0.05) is 6.20 Å². The summed E-state index contributed by atoms with van der Waals surface area (Å²) in [5.41, 5.74) is 2.99. The average Bonchev–Trinajstić information content (AvgIpc) is 2.87. The second kappa shape index (κ2) is 4.28. The predicted molar refractivity (Wildman–Crippen MR) is 51.6 cm³/mol. The summed E-state index contributed by atoms with van der Waals surface area (Å²) in [6.45, 7) is 0. The number of H-pyrrole nitrogens is 1. The largest absolute Gasteiger partial charge is 0.357 e. The number of aromatic amines is 1. The van der Waals surface area contributed by atoms with Crippen LogP contribution < -0.4 is 5.48 Å². The first-order chi connectivity index (χ1) is 6.86. The Morgan fingerprint density at radius 2 is 2.29 bits per heavy atom. The molecule has 1 aliphatic carbocycles. The molecule has 1 fully saturated rings. The fourth-order valence-electron chi connectivity index (χ4n) is 1.67. The second-order valence-corrected chi connectivity index (χ2v) is 3.54. The highest BCUT2D eigenvalue weighted by Gasteiger charge is 2.17. The maximum Gasteiger partial charge on any atom is 0.291 e. The monoisotopic (exact) mass is 194 g/mol. The zero-order valence-electron chi connectivity index (χ0n) is 7.95. The molecule has 1 heterocycles. The van der Waals surface area contributed by atoms with E-state index in [2.05, 4.69) is 10.5 Å². The molecule has 76 valence electrons. The predicted octanol–water partition coefficient (Wildman–Crippen LogP) is 1.62. The summed E-state index contributed by atoms with van der Waals surface area (Å²) in [5.74, 6) is -0.207. The zero-order chi connectivity index (χ0) is 9.80. The van der Waals surface area contributed by atoms with Crippen molar-refractivity contribution < 1.29 is 9.63 Å². The Morgan fingerprint density at radius 3 is 2.93 bits per heavy atom. The van der Waals surface area contributed by atoms with Crippen LogP contribution in [0.4, 0.5) is 0 Å². The van der Waals surface area contributed by atoms with Gasteiger partial charge in [-0.2, -0.15) is 0 Å². The third-order valence-corrected chi connectivity index (χ3v) is 2.46.